The van der Waals surface area contributed by atoms with Gasteiger partial charge in [-0.1, -0.05) is 148 Å². The van der Waals surface area contributed by atoms with E-state index >= 15 is 0 Å². The van der Waals surface area contributed by atoms with Crippen molar-refractivity contribution in [2.75, 3.05) is 6.61 Å². The second-order valence-corrected chi connectivity index (χ2v) is 13.0. The molecule has 0 aromatic heterocycles. The van der Waals surface area contributed by atoms with Gasteiger partial charge in [0.05, 0.1) is 33.0 Å². The SMILES string of the molecule is C=CCOC1C(OCc2ccccc2)C(OCc2ccccc2)C(OCc2ccccc2)C(OCc2ccccc2)C1(CCC)OC(=O)CCC. The fourth-order valence-corrected chi connectivity index (χ4v) is 6.82. The molecule has 4 aromatic rings. The van der Waals surface area contributed by atoms with Crippen LogP contribution in [-0.4, -0.2) is 48.7 Å². The lowest BCUT2D eigenvalue weighted by molar-refractivity contribution is -0.318. The van der Waals surface area contributed by atoms with Crippen molar-refractivity contribution in [1.29, 1.82) is 0 Å². The molecule has 270 valence electrons. The minimum atomic E-state index is -1.28. The molecule has 0 heterocycles. The van der Waals surface area contributed by atoms with E-state index in [1.807, 2.05) is 128 Å². The molecular formula is C44H52O7. The van der Waals surface area contributed by atoms with Crippen LogP contribution in [0.15, 0.2) is 134 Å². The molecular weight excluding hydrogens is 640 g/mol. The Balaban J connectivity index is 1.66. The van der Waals surface area contributed by atoms with E-state index in [0.717, 1.165) is 22.3 Å². The summed E-state index contributed by atoms with van der Waals surface area (Å²) in [6.07, 6.45) is 0.0572. The molecule has 0 saturated heterocycles. The summed E-state index contributed by atoms with van der Waals surface area (Å²) in [6.45, 7) is 9.35. The van der Waals surface area contributed by atoms with Gasteiger partial charge < -0.3 is 28.4 Å². The van der Waals surface area contributed by atoms with Crippen LogP contribution in [0.5, 0.6) is 0 Å². The fourth-order valence-electron chi connectivity index (χ4n) is 6.82. The summed E-state index contributed by atoms with van der Waals surface area (Å²) in [4.78, 5) is 13.7. The van der Waals surface area contributed by atoms with Gasteiger partial charge in [-0.3, -0.25) is 4.79 Å². The summed E-state index contributed by atoms with van der Waals surface area (Å²) in [5.41, 5.74) is 2.70. The Labute approximate surface area is 303 Å². The minimum absolute atomic E-state index is 0.207. The Morgan fingerprint density at radius 2 is 0.961 bits per heavy atom. The highest BCUT2D eigenvalue weighted by molar-refractivity contribution is 5.70. The Kier molecular flexibility index (Phi) is 15.0. The monoisotopic (exact) mass is 692 g/mol. The first-order valence-electron chi connectivity index (χ1n) is 18.1. The van der Waals surface area contributed by atoms with Gasteiger partial charge in [-0.15, -0.1) is 6.58 Å². The van der Waals surface area contributed by atoms with Crippen LogP contribution < -0.4 is 0 Å². The standard InChI is InChI=1S/C44H52O7/c1-4-19-38(45)51-44(28-5-2)42(46-29-6-3)40(48-31-35-22-13-8-14-23-35)39(47-30-34-20-11-7-12-21-34)41(49-32-36-24-15-9-16-25-36)43(44)50-33-37-26-17-10-18-27-37/h6-18,20-27,39-43H,3-5,19,28-33H2,1-2H3. The summed E-state index contributed by atoms with van der Waals surface area (Å²) >= 11 is 0. The first-order valence-corrected chi connectivity index (χ1v) is 18.1. The molecule has 1 aliphatic carbocycles. The molecule has 51 heavy (non-hydrogen) atoms. The van der Waals surface area contributed by atoms with Gasteiger partial charge in [0.25, 0.3) is 0 Å². The van der Waals surface area contributed by atoms with Crippen molar-refractivity contribution < 1.29 is 33.2 Å². The maximum absolute atomic E-state index is 13.7. The molecule has 6 atom stereocenters. The molecule has 1 saturated carbocycles. The number of carbonyl (C=O) groups is 1. The van der Waals surface area contributed by atoms with Gasteiger partial charge in [0, 0.05) is 6.42 Å². The Morgan fingerprint density at radius 1 is 0.569 bits per heavy atom. The second kappa shape index (κ2) is 20.1. The number of hydrogen-bond donors (Lipinski definition) is 0. The first-order chi connectivity index (χ1) is 25.1. The first kappa shape index (κ1) is 38.1. The molecule has 6 unspecified atom stereocenters. The predicted octanol–water partition coefficient (Wildman–Crippen LogP) is 8.80. The van der Waals surface area contributed by atoms with Crippen LogP contribution in [0.1, 0.15) is 61.8 Å². The third kappa shape index (κ3) is 10.5. The molecule has 0 N–H and O–H groups in total. The van der Waals surface area contributed by atoms with Gasteiger partial charge in [-0.25, -0.2) is 0 Å². The third-order valence-corrected chi connectivity index (χ3v) is 9.13. The van der Waals surface area contributed by atoms with Crippen molar-refractivity contribution in [3.8, 4) is 0 Å². The minimum Gasteiger partial charge on any atom is -0.453 e. The second-order valence-electron chi connectivity index (χ2n) is 13.0. The molecule has 0 bridgehead atoms. The third-order valence-electron chi connectivity index (χ3n) is 9.13. The molecule has 1 fully saturated rings. The highest BCUT2D eigenvalue weighted by atomic mass is 16.6. The van der Waals surface area contributed by atoms with E-state index in [0.29, 0.717) is 25.9 Å². The molecule has 7 nitrogen and oxygen atoms in total. The number of benzene rings is 4. The van der Waals surface area contributed by atoms with E-state index in [-0.39, 0.29) is 38.8 Å². The Bertz CT molecular complexity index is 1570. The normalized spacial score (nSPS) is 23.1. The molecule has 0 amide bonds. The lowest BCUT2D eigenvalue weighted by atomic mass is 9.71. The largest absolute Gasteiger partial charge is 0.453 e. The molecule has 0 spiro atoms. The van der Waals surface area contributed by atoms with Crippen LogP contribution in [0.4, 0.5) is 0 Å². The van der Waals surface area contributed by atoms with Gasteiger partial charge >= 0.3 is 5.97 Å². The average Bonchev–Trinajstić information content (AvgIpc) is 3.16. The molecule has 0 radical (unpaired) electrons. The van der Waals surface area contributed by atoms with E-state index in [1.165, 1.54) is 0 Å². The molecule has 0 aliphatic heterocycles. The average molecular weight is 693 g/mol. The zero-order valence-electron chi connectivity index (χ0n) is 29.9. The van der Waals surface area contributed by atoms with E-state index in [2.05, 4.69) is 13.5 Å². The summed E-state index contributed by atoms with van der Waals surface area (Å²) in [6, 6.07) is 40.1. The van der Waals surface area contributed by atoms with Crippen molar-refractivity contribution in [2.24, 2.45) is 0 Å². The van der Waals surface area contributed by atoms with E-state index in [9.17, 15) is 4.79 Å². The number of ether oxygens (including phenoxy) is 6. The van der Waals surface area contributed by atoms with Gasteiger partial charge in [-0.2, -0.15) is 0 Å². The number of rotatable bonds is 20. The van der Waals surface area contributed by atoms with Crippen LogP contribution in [0.2, 0.25) is 0 Å². The van der Waals surface area contributed by atoms with Crippen molar-refractivity contribution in [3.05, 3.63) is 156 Å². The Morgan fingerprint density at radius 3 is 1.35 bits per heavy atom. The molecule has 7 heteroatoms. The van der Waals surface area contributed by atoms with Gasteiger partial charge in [0.1, 0.15) is 30.5 Å². The van der Waals surface area contributed by atoms with Gasteiger partial charge in [0.15, 0.2) is 5.60 Å². The van der Waals surface area contributed by atoms with Crippen LogP contribution in [-0.2, 0) is 59.6 Å². The zero-order valence-corrected chi connectivity index (χ0v) is 29.9. The van der Waals surface area contributed by atoms with Crippen LogP contribution >= 0.6 is 0 Å². The van der Waals surface area contributed by atoms with Gasteiger partial charge in [-0.05, 0) is 35.1 Å². The number of hydrogen-bond acceptors (Lipinski definition) is 7. The van der Waals surface area contributed by atoms with Gasteiger partial charge in [0.2, 0.25) is 0 Å². The summed E-state index contributed by atoms with van der Waals surface area (Å²) in [5, 5.41) is 0. The van der Waals surface area contributed by atoms with Crippen LogP contribution in [0.25, 0.3) is 0 Å². The van der Waals surface area contributed by atoms with E-state index in [4.69, 9.17) is 28.4 Å². The lowest BCUT2D eigenvalue weighted by Crippen LogP contribution is -2.74. The summed E-state index contributed by atoms with van der Waals surface area (Å²) in [7, 11) is 0. The van der Waals surface area contributed by atoms with Crippen molar-refractivity contribution in [2.45, 2.75) is 102 Å². The highest BCUT2D eigenvalue weighted by Gasteiger charge is 2.64. The molecule has 4 aromatic carbocycles. The van der Waals surface area contributed by atoms with E-state index < -0.39 is 36.1 Å². The summed E-state index contributed by atoms with van der Waals surface area (Å²) in [5.74, 6) is -0.321. The quantitative estimate of drug-likeness (QED) is 0.0677. The van der Waals surface area contributed by atoms with E-state index in [1.54, 1.807) is 6.08 Å². The van der Waals surface area contributed by atoms with Crippen LogP contribution in [0.3, 0.4) is 0 Å². The number of esters is 1. The topological polar surface area (TPSA) is 72.5 Å². The smallest absolute Gasteiger partial charge is 0.306 e. The van der Waals surface area contributed by atoms with Crippen molar-refractivity contribution in [3.63, 3.8) is 0 Å². The molecule has 1 aliphatic rings. The van der Waals surface area contributed by atoms with Crippen molar-refractivity contribution in [1.82, 2.24) is 0 Å². The summed E-state index contributed by atoms with van der Waals surface area (Å²) < 4.78 is 41.2. The molecule has 5 rings (SSSR count). The lowest BCUT2D eigenvalue weighted by Gasteiger charge is -2.56. The predicted molar refractivity (Wildman–Crippen MR) is 199 cm³/mol. The van der Waals surface area contributed by atoms with Crippen LogP contribution in [0, 0.1) is 0 Å². The van der Waals surface area contributed by atoms with Crippen molar-refractivity contribution >= 4 is 5.97 Å². The maximum atomic E-state index is 13.7. The fraction of sp³-hybridized carbons (Fsp3) is 0.386. The highest BCUT2D eigenvalue weighted by Crippen LogP contribution is 2.45. The Hall–Kier alpha value is -4.11. The maximum Gasteiger partial charge on any atom is 0.306 e. The number of carbonyl (C=O) groups excluding carboxylic acids is 1. The zero-order chi connectivity index (χ0) is 35.7.